The van der Waals surface area contributed by atoms with E-state index in [1.807, 2.05) is 24.3 Å². The molecule has 1 aromatic heterocycles. The fraction of sp³-hybridized carbons (Fsp3) is 0.400. The maximum atomic E-state index is 12.4. The average molecular weight is 285 g/mol. The number of nitrogens with zero attached hydrogens (tertiary/aromatic N) is 2. The number of hydrogen-bond acceptors (Lipinski definition) is 4. The third-order valence-electron chi connectivity index (χ3n) is 4.12. The van der Waals surface area contributed by atoms with Gasteiger partial charge in [-0.15, -0.1) is 0 Å². The van der Waals surface area contributed by atoms with E-state index in [-0.39, 0.29) is 11.8 Å². The highest BCUT2D eigenvalue weighted by Crippen LogP contribution is 2.32. The summed E-state index contributed by atoms with van der Waals surface area (Å²) in [6, 6.07) is 7.59. The van der Waals surface area contributed by atoms with Crippen LogP contribution in [0.1, 0.15) is 19.3 Å². The first-order valence-electron chi connectivity index (χ1n) is 7.24. The largest absolute Gasteiger partial charge is 0.330 e. The molecule has 1 amide bonds. The topological polar surface area (TPSA) is 96.7 Å². The number of aromatic nitrogens is 3. The van der Waals surface area contributed by atoms with Crippen molar-refractivity contribution in [3.8, 4) is 11.4 Å². The van der Waals surface area contributed by atoms with E-state index in [9.17, 15) is 4.79 Å². The molecule has 0 aliphatic heterocycles. The Morgan fingerprint density at radius 2 is 2.33 bits per heavy atom. The summed E-state index contributed by atoms with van der Waals surface area (Å²) in [6.45, 7) is 0.580. The normalized spacial score (nSPS) is 21.4. The third-order valence-corrected chi connectivity index (χ3v) is 4.12. The summed E-state index contributed by atoms with van der Waals surface area (Å²) in [5, 5.41) is 9.64. The number of benzene rings is 1. The molecule has 2 atom stereocenters. The smallest absolute Gasteiger partial charge is 0.227 e. The molecule has 0 unspecified atom stereocenters. The predicted octanol–water partition coefficient (Wildman–Crippen LogP) is 1.79. The quantitative estimate of drug-likeness (QED) is 0.797. The molecule has 1 aliphatic carbocycles. The molecule has 0 saturated heterocycles. The molecule has 21 heavy (non-hydrogen) atoms. The number of hydrogen-bond donors (Lipinski definition) is 3. The van der Waals surface area contributed by atoms with Gasteiger partial charge in [-0.05, 0) is 37.4 Å². The first kappa shape index (κ1) is 13.8. The minimum absolute atomic E-state index is 0.0314. The van der Waals surface area contributed by atoms with Crippen LogP contribution < -0.4 is 11.1 Å². The second-order valence-electron chi connectivity index (χ2n) is 5.44. The zero-order valence-electron chi connectivity index (χ0n) is 11.7. The maximum Gasteiger partial charge on any atom is 0.227 e. The number of amides is 1. The van der Waals surface area contributed by atoms with Gasteiger partial charge in [0.2, 0.25) is 5.91 Å². The van der Waals surface area contributed by atoms with Crippen molar-refractivity contribution in [3.63, 3.8) is 0 Å². The van der Waals surface area contributed by atoms with Gasteiger partial charge in [-0.2, -0.15) is 5.10 Å². The van der Waals surface area contributed by atoms with Crippen molar-refractivity contribution in [2.45, 2.75) is 19.3 Å². The molecule has 2 aromatic rings. The molecule has 0 radical (unpaired) electrons. The van der Waals surface area contributed by atoms with E-state index < -0.39 is 0 Å². The molecule has 110 valence electrons. The van der Waals surface area contributed by atoms with Gasteiger partial charge in [-0.3, -0.25) is 9.89 Å². The van der Waals surface area contributed by atoms with E-state index in [2.05, 4.69) is 20.5 Å². The predicted molar refractivity (Wildman–Crippen MR) is 80.3 cm³/mol. The van der Waals surface area contributed by atoms with Crippen molar-refractivity contribution in [1.82, 2.24) is 15.2 Å². The molecular formula is C15H19N5O. The lowest BCUT2D eigenvalue weighted by Crippen LogP contribution is -2.29. The van der Waals surface area contributed by atoms with Crippen LogP contribution in [0.25, 0.3) is 11.4 Å². The number of nitrogens with one attached hydrogen (secondary N) is 2. The number of H-pyrrole nitrogens is 1. The number of aromatic amines is 1. The summed E-state index contributed by atoms with van der Waals surface area (Å²) >= 11 is 0. The van der Waals surface area contributed by atoms with E-state index in [0.717, 1.165) is 30.5 Å². The number of rotatable bonds is 4. The van der Waals surface area contributed by atoms with Crippen molar-refractivity contribution in [1.29, 1.82) is 0 Å². The molecule has 1 fully saturated rings. The van der Waals surface area contributed by atoms with Crippen LogP contribution in [0.2, 0.25) is 0 Å². The molecule has 6 nitrogen and oxygen atoms in total. The van der Waals surface area contributed by atoms with E-state index in [1.165, 1.54) is 6.33 Å². The van der Waals surface area contributed by atoms with Gasteiger partial charge in [0.1, 0.15) is 6.33 Å². The zero-order valence-corrected chi connectivity index (χ0v) is 11.7. The highest BCUT2D eigenvalue weighted by Gasteiger charge is 2.31. The van der Waals surface area contributed by atoms with Crippen LogP contribution in [-0.4, -0.2) is 27.6 Å². The summed E-state index contributed by atoms with van der Waals surface area (Å²) in [4.78, 5) is 16.5. The fourth-order valence-corrected chi connectivity index (χ4v) is 2.99. The fourth-order valence-electron chi connectivity index (χ4n) is 2.99. The lowest BCUT2D eigenvalue weighted by Gasteiger charge is -2.17. The molecule has 4 N–H and O–H groups in total. The van der Waals surface area contributed by atoms with E-state index in [1.54, 1.807) is 0 Å². The van der Waals surface area contributed by atoms with Gasteiger partial charge in [0.05, 0.1) is 0 Å². The monoisotopic (exact) mass is 285 g/mol. The number of carbonyl (C=O) groups excluding carboxylic acids is 1. The maximum absolute atomic E-state index is 12.4. The summed E-state index contributed by atoms with van der Waals surface area (Å²) < 4.78 is 0. The Hall–Kier alpha value is -2.21. The Balaban J connectivity index is 1.73. The van der Waals surface area contributed by atoms with Gasteiger partial charge in [0.15, 0.2) is 5.82 Å². The molecular weight excluding hydrogens is 266 g/mol. The molecule has 1 aromatic carbocycles. The number of carbonyl (C=O) groups is 1. The average Bonchev–Trinajstić information content (AvgIpc) is 3.18. The summed E-state index contributed by atoms with van der Waals surface area (Å²) in [7, 11) is 0. The Morgan fingerprint density at radius 1 is 1.43 bits per heavy atom. The summed E-state index contributed by atoms with van der Waals surface area (Å²) in [6.07, 6.45) is 4.52. The van der Waals surface area contributed by atoms with Gasteiger partial charge in [-0.25, -0.2) is 4.98 Å². The summed E-state index contributed by atoms with van der Waals surface area (Å²) in [5.41, 5.74) is 7.41. The van der Waals surface area contributed by atoms with Crippen molar-refractivity contribution in [2.24, 2.45) is 17.6 Å². The van der Waals surface area contributed by atoms with Crippen LogP contribution in [0.4, 0.5) is 5.69 Å². The van der Waals surface area contributed by atoms with Crippen LogP contribution in [0.3, 0.4) is 0 Å². The minimum Gasteiger partial charge on any atom is -0.330 e. The van der Waals surface area contributed by atoms with Crippen LogP contribution in [0.15, 0.2) is 30.6 Å². The third kappa shape index (κ3) is 2.95. The van der Waals surface area contributed by atoms with E-state index >= 15 is 0 Å². The SMILES string of the molecule is NC[C@H]1CCC[C@H]1C(=O)Nc1cccc(-c2ncn[nH]2)c1. The Kier molecular flexibility index (Phi) is 3.96. The summed E-state index contributed by atoms with van der Waals surface area (Å²) in [5.74, 6) is 1.09. The van der Waals surface area contributed by atoms with Gasteiger partial charge in [-0.1, -0.05) is 18.6 Å². The van der Waals surface area contributed by atoms with Gasteiger partial charge >= 0.3 is 0 Å². The molecule has 0 spiro atoms. The van der Waals surface area contributed by atoms with Gasteiger partial charge in [0.25, 0.3) is 0 Å². The van der Waals surface area contributed by atoms with Gasteiger partial charge in [0, 0.05) is 17.2 Å². The first-order valence-corrected chi connectivity index (χ1v) is 7.24. The molecule has 1 aliphatic rings. The second kappa shape index (κ2) is 6.05. The first-order chi connectivity index (χ1) is 10.3. The van der Waals surface area contributed by atoms with Crippen molar-refractivity contribution in [2.75, 3.05) is 11.9 Å². The number of anilines is 1. The minimum atomic E-state index is 0.0314. The Bertz CT molecular complexity index is 610. The molecule has 1 heterocycles. The van der Waals surface area contributed by atoms with Crippen LogP contribution in [-0.2, 0) is 4.79 Å². The zero-order chi connectivity index (χ0) is 14.7. The Labute approximate surface area is 123 Å². The lowest BCUT2D eigenvalue weighted by atomic mass is 9.95. The molecule has 0 bridgehead atoms. The Morgan fingerprint density at radius 3 is 3.10 bits per heavy atom. The van der Waals surface area contributed by atoms with Crippen LogP contribution in [0, 0.1) is 11.8 Å². The molecule has 1 saturated carbocycles. The van der Waals surface area contributed by atoms with Crippen molar-refractivity contribution >= 4 is 11.6 Å². The van der Waals surface area contributed by atoms with E-state index in [0.29, 0.717) is 18.3 Å². The van der Waals surface area contributed by atoms with E-state index in [4.69, 9.17) is 5.73 Å². The molecule has 6 heteroatoms. The standard InChI is InChI=1S/C15H19N5O/c16-8-11-4-2-6-13(11)15(21)19-12-5-1-3-10(7-12)14-17-9-18-20-14/h1,3,5,7,9,11,13H,2,4,6,8,16H2,(H,19,21)(H,17,18,20)/t11-,13-/m1/s1. The van der Waals surface area contributed by atoms with Crippen molar-refractivity contribution < 1.29 is 4.79 Å². The number of nitrogens with two attached hydrogens (primary N) is 1. The highest BCUT2D eigenvalue weighted by atomic mass is 16.1. The van der Waals surface area contributed by atoms with Gasteiger partial charge < -0.3 is 11.1 Å². The highest BCUT2D eigenvalue weighted by molar-refractivity contribution is 5.93. The van der Waals surface area contributed by atoms with Crippen LogP contribution >= 0.6 is 0 Å². The van der Waals surface area contributed by atoms with Crippen LogP contribution in [0.5, 0.6) is 0 Å². The lowest BCUT2D eigenvalue weighted by molar-refractivity contribution is -0.120. The second-order valence-corrected chi connectivity index (χ2v) is 5.44. The van der Waals surface area contributed by atoms with Crippen molar-refractivity contribution in [3.05, 3.63) is 30.6 Å². The molecule has 3 rings (SSSR count).